The summed E-state index contributed by atoms with van der Waals surface area (Å²) in [6.07, 6.45) is -0.556. The fourth-order valence-corrected chi connectivity index (χ4v) is 3.75. The van der Waals surface area contributed by atoms with E-state index in [9.17, 15) is 5.11 Å². The molecule has 0 fully saturated rings. The molecule has 1 unspecified atom stereocenters. The molecule has 160 valence electrons. The fourth-order valence-electron chi connectivity index (χ4n) is 3.75. The number of methoxy groups -OCH3 is 1. The number of ether oxygens (including phenoxy) is 2. The van der Waals surface area contributed by atoms with Gasteiger partial charge in [-0.2, -0.15) is 0 Å². The van der Waals surface area contributed by atoms with Crippen LogP contribution in [0.15, 0.2) is 78.9 Å². The molecule has 0 spiro atoms. The van der Waals surface area contributed by atoms with Crippen LogP contribution >= 0.6 is 0 Å². The minimum atomic E-state index is -0.556. The molecule has 0 amide bonds. The van der Waals surface area contributed by atoms with Crippen molar-refractivity contribution in [3.8, 4) is 22.8 Å². The van der Waals surface area contributed by atoms with Crippen LogP contribution in [0.4, 0.5) is 5.69 Å². The zero-order chi connectivity index (χ0) is 21.6. The summed E-state index contributed by atoms with van der Waals surface area (Å²) in [4.78, 5) is 0. The van der Waals surface area contributed by atoms with Gasteiger partial charge in [-0.1, -0.05) is 18.2 Å². The summed E-state index contributed by atoms with van der Waals surface area (Å²) < 4.78 is 13.0. The van der Waals surface area contributed by atoms with Crippen molar-refractivity contribution in [1.29, 1.82) is 0 Å². The summed E-state index contributed by atoms with van der Waals surface area (Å²) in [5, 5.41) is 15.3. The van der Waals surface area contributed by atoms with Crippen LogP contribution in [0, 0.1) is 0 Å². The number of aliphatic hydroxyl groups is 1. The van der Waals surface area contributed by atoms with E-state index in [2.05, 4.69) is 28.1 Å². The molecule has 0 aliphatic carbocycles. The Morgan fingerprint density at radius 1 is 0.935 bits per heavy atom. The SMILES string of the molecule is CCOc1ccc(NCC(O)Cn2c(-c3ccc(OC)cc3)cc3ccccc32)cc1. The molecule has 5 heteroatoms. The van der Waals surface area contributed by atoms with Crippen molar-refractivity contribution in [2.45, 2.75) is 19.6 Å². The highest BCUT2D eigenvalue weighted by atomic mass is 16.5. The third-order valence-corrected chi connectivity index (χ3v) is 5.30. The van der Waals surface area contributed by atoms with E-state index in [0.29, 0.717) is 19.7 Å². The second-order valence-corrected chi connectivity index (χ2v) is 7.42. The molecular weight excluding hydrogens is 388 g/mol. The van der Waals surface area contributed by atoms with Gasteiger partial charge in [0.1, 0.15) is 11.5 Å². The van der Waals surface area contributed by atoms with Crippen molar-refractivity contribution < 1.29 is 14.6 Å². The molecule has 0 saturated heterocycles. The lowest BCUT2D eigenvalue weighted by Crippen LogP contribution is -2.25. The van der Waals surface area contributed by atoms with Crippen LogP contribution in [-0.4, -0.2) is 36.0 Å². The summed E-state index contributed by atoms with van der Waals surface area (Å²) in [6, 6.07) is 26.2. The molecule has 4 aromatic rings. The molecule has 3 aromatic carbocycles. The summed E-state index contributed by atoms with van der Waals surface area (Å²) in [7, 11) is 1.67. The predicted octanol–water partition coefficient (Wildman–Crippen LogP) is 5.19. The first-order valence-corrected chi connectivity index (χ1v) is 10.6. The molecule has 0 bridgehead atoms. The maximum atomic E-state index is 10.8. The molecule has 1 aromatic heterocycles. The minimum absolute atomic E-state index is 0.447. The molecule has 4 rings (SSSR count). The number of fused-ring (bicyclic) bond motifs is 1. The van der Waals surface area contributed by atoms with Crippen LogP contribution in [-0.2, 0) is 6.54 Å². The van der Waals surface area contributed by atoms with Gasteiger partial charge in [-0.25, -0.2) is 0 Å². The van der Waals surface area contributed by atoms with Crippen LogP contribution in [0.3, 0.4) is 0 Å². The van der Waals surface area contributed by atoms with Gasteiger partial charge in [0.15, 0.2) is 0 Å². The smallest absolute Gasteiger partial charge is 0.119 e. The van der Waals surface area contributed by atoms with Gasteiger partial charge in [0.25, 0.3) is 0 Å². The quantitative estimate of drug-likeness (QED) is 0.394. The largest absolute Gasteiger partial charge is 0.497 e. The summed E-state index contributed by atoms with van der Waals surface area (Å²) in [5.41, 5.74) is 4.22. The summed E-state index contributed by atoms with van der Waals surface area (Å²) in [6.45, 7) is 3.54. The van der Waals surface area contributed by atoms with Crippen molar-refractivity contribution >= 4 is 16.6 Å². The molecule has 1 heterocycles. The van der Waals surface area contributed by atoms with Crippen molar-refractivity contribution in [3.63, 3.8) is 0 Å². The highest BCUT2D eigenvalue weighted by molar-refractivity contribution is 5.87. The van der Waals surface area contributed by atoms with E-state index in [1.807, 2.05) is 67.6 Å². The molecule has 2 N–H and O–H groups in total. The summed E-state index contributed by atoms with van der Waals surface area (Å²) in [5.74, 6) is 1.67. The average Bonchev–Trinajstić information content (AvgIpc) is 3.17. The molecular formula is C26H28N2O3. The van der Waals surface area contributed by atoms with E-state index in [1.54, 1.807) is 7.11 Å². The molecule has 0 saturated carbocycles. The van der Waals surface area contributed by atoms with E-state index < -0.39 is 6.10 Å². The lowest BCUT2D eigenvalue weighted by molar-refractivity contribution is 0.169. The maximum Gasteiger partial charge on any atom is 0.119 e. The first-order chi connectivity index (χ1) is 15.2. The second kappa shape index (κ2) is 9.58. The van der Waals surface area contributed by atoms with Gasteiger partial charge in [0, 0.05) is 28.8 Å². The van der Waals surface area contributed by atoms with E-state index in [1.165, 1.54) is 0 Å². The van der Waals surface area contributed by atoms with E-state index in [0.717, 1.165) is 39.3 Å². The fraction of sp³-hybridized carbons (Fsp3) is 0.231. The Balaban J connectivity index is 1.52. The molecule has 0 radical (unpaired) electrons. The van der Waals surface area contributed by atoms with Gasteiger partial charge in [-0.15, -0.1) is 0 Å². The molecule has 0 aliphatic rings. The van der Waals surface area contributed by atoms with Crippen LogP contribution in [0.25, 0.3) is 22.2 Å². The van der Waals surface area contributed by atoms with Gasteiger partial charge in [-0.05, 0) is 73.2 Å². The van der Waals surface area contributed by atoms with Crippen molar-refractivity contribution in [3.05, 3.63) is 78.9 Å². The van der Waals surface area contributed by atoms with Crippen LogP contribution in [0.1, 0.15) is 6.92 Å². The topological polar surface area (TPSA) is 55.6 Å². The van der Waals surface area contributed by atoms with Crippen LogP contribution in [0.2, 0.25) is 0 Å². The summed E-state index contributed by atoms with van der Waals surface area (Å²) >= 11 is 0. The number of nitrogens with one attached hydrogen (secondary N) is 1. The number of para-hydroxylation sites is 1. The van der Waals surface area contributed by atoms with Gasteiger partial charge >= 0.3 is 0 Å². The Bertz CT molecular complexity index is 1120. The second-order valence-electron chi connectivity index (χ2n) is 7.42. The van der Waals surface area contributed by atoms with Crippen molar-refractivity contribution in [1.82, 2.24) is 4.57 Å². The van der Waals surface area contributed by atoms with Gasteiger partial charge < -0.3 is 24.5 Å². The lowest BCUT2D eigenvalue weighted by Gasteiger charge is -2.17. The zero-order valence-electron chi connectivity index (χ0n) is 17.9. The van der Waals surface area contributed by atoms with Crippen molar-refractivity contribution in [2.24, 2.45) is 0 Å². The monoisotopic (exact) mass is 416 g/mol. The Morgan fingerprint density at radius 3 is 2.35 bits per heavy atom. The van der Waals surface area contributed by atoms with E-state index in [4.69, 9.17) is 9.47 Å². The molecule has 5 nitrogen and oxygen atoms in total. The highest BCUT2D eigenvalue weighted by Gasteiger charge is 2.14. The number of aromatic nitrogens is 1. The van der Waals surface area contributed by atoms with E-state index in [-0.39, 0.29) is 0 Å². The lowest BCUT2D eigenvalue weighted by atomic mass is 10.1. The molecule has 0 aliphatic heterocycles. The van der Waals surface area contributed by atoms with Crippen molar-refractivity contribution in [2.75, 3.05) is 25.6 Å². The number of aliphatic hydroxyl groups excluding tert-OH is 1. The number of benzene rings is 3. The normalized spacial score (nSPS) is 12.0. The van der Waals surface area contributed by atoms with Gasteiger partial charge in [0.2, 0.25) is 0 Å². The third kappa shape index (κ3) is 4.84. The van der Waals surface area contributed by atoms with Gasteiger partial charge in [-0.3, -0.25) is 0 Å². The maximum absolute atomic E-state index is 10.8. The first kappa shape index (κ1) is 20.8. The highest BCUT2D eigenvalue weighted by Crippen LogP contribution is 2.30. The zero-order valence-corrected chi connectivity index (χ0v) is 17.9. The molecule has 1 atom stereocenters. The Kier molecular flexibility index (Phi) is 6.43. The number of anilines is 1. The Morgan fingerprint density at radius 2 is 1.65 bits per heavy atom. The number of hydrogen-bond acceptors (Lipinski definition) is 4. The van der Waals surface area contributed by atoms with Crippen LogP contribution < -0.4 is 14.8 Å². The van der Waals surface area contributed by atoms with E-state index >= 15 is 0 Å². The first-order valence-electron chi connectivity index (χ1n) is 10.6. The number of rotatable bonds is 9. The number of hydrogen-bond donors (Lipinski definition) is 2. The third-order valence-electron chi connectivity index (χ3n) is 5.30. The van der Waals surface area contributed by atoms with Crippen LogP contribution in [0.5, 0.6) is 11.5 Å². The Labute approximate surface area is 182 Å². The standard InChI is InChI=1S/C26H28N2O3/c1-3-31-24-14-10-21(11-15-24)27-17-22(29)18-28-25-7-5-4-6-20(25)16-26(28)19-8-12-23(30-2)13-9-19/h4-16,22,27,29H,3,17-18H2,1-2H3. The predicted molar refractivity (Wildman–Crippen MR) is 126 cm³/mol. The Hall–Kier alpha value is -3.44. The van der Waals surface area contributed by atoms with Gasteiger partial charge in [0.05, 0.1) is 26.4 Å². The molecule has 31 heavy (non-hydrogen) atoms. The average molecular weight is 417 g/mol. The number of nitrogens with zero attached hydrogens (tertiary/aromatic N) is 1. The minimum Gasteiger partial charge on any atom is -0.497 e.